The second-order valence-electron chi connectivity index (χ2n) is 6.43. The molecule has 0 atom stereocenters. The lowest BCUT2D eigenvalue weighted by Gasteiger charge is -2.13. The molecule has 126 valence electrons. The molecule has 5 nitrogen and oxygen atoms in total. The molecule has 0 saturated heterocycles. The molecule has 0 bridgehead atoms. The van der Waals surface area contributed by atoms with Crippen LogP contribution in [0, 0.1) is 6.92 Å². The molecule has 6 heteroatoms. The molecule has 2 aromatic heterocycles. The molecule has 0 radical (unpaired) electrons. The lowest BCUT2D eigenvalue weighted by Crippen LogP contribution is -2.36. The fourth-order valence-electron chi connectivity index (χ4n) is 1.97. The monoisotopic (exact) mass is 334 g/mol. The number of guanidine groups is 1. The van der Waals surface area contributed by atoms with Crippen LogP contribution in [0.2, 0.25) is 0 Å². The molecule has 0 fully saturated rings. The first kappa shape index (κ1) is 17.5. The molecule has 2 rings (SSSR count). The van der Waals surface area contributed by atoms with Gasteiger partial charge in [-0.25, -0.2) is 9.98 Å². The van der Waals surface area contributed by atoms with Crippen molar-refractivity contribution in [3.05, 3.63) is 39.7 Å². The summed E-state index contributed by atoms with van der Waals surface area (Å²) in [5, 5.41) is 6.58. The summed E-state index contributed by atoms with van der Waals surface area (Å²) < 4.78 is 5.77. The Labute approximate surface area is 142 Å². The van der Waals surface area contributed by atoms with Crippen LogP contribution in [-0.2, 0) is 18.5 Å². The van der Waals surface area contributed by atoms with Crippen molar-refractivity contribution in [2.75, 3.05) is 6.54 Å². The molecule has 0 aliphatic heterocycles. The van der Waals surface area contributed by atoms with Gasteiger partial charge in [0, 0.05) is 21.7 Å². The second-order valence-corrected chi connectivity index (χ2v) is 7.80. The van der Waals surface area contributed by atoms with Crippen LogP contribution in [0.25, 0.3) is 0 Å². The van der Waals surface area contributed by atoms with E-state index < -0.39 is 0 Å². The van der Waals surface area contributed by atoms with Gasteiger partial charge in [-0.05, 0) is 26.0 Å². The summed E-state index contributed by atoms with van der Waals surface area (Å²) in [6.45, 7) is 12.5. The van der Waals surface area contributed by atoms with Gasteiger partial charge >= 0.3 is 0 Å². The minimum Gasteiger partial charge on any atom is -0.443 e. The summed E-state index contributed by atoms with van der Waals surface area (Å²) in [7, 11) is 0. The summed E-state index contributed by atoms with van der Waals surface area (Å²) in [5.41, 5.74) is -0.0330. The van der Waals surface area contributed by atoms with E-state index in [0.29, 0.717) is 12.4 Å². The van der Waals surface area contributed by atoms with Crippen molar-refractivity contribution in [2.45, 2.75) is 53.1 Å². The van der Waals surface area contributed by atoms with Gasteiger partial charge < -0.3 is 15.1 Å². The number of oxazole rings is 1. The first-order valence-electron chi connectivity index (χ1n) is 7.91. The minimum absolute atomic E-state index is 0.0330. The maximum Gasteiger partial charge on any atom is 0.216 e. The standard InChI is InChI=1S/C17H26N4OS/c1-6-18-16(20-9-13-8-7-12(2)23-13)21-11-15-19-10-14(22-15)17(3,4)5/h7-8,10H,6,9,11H2,1-5H3,(H2,18,20,21). The molecule has 2 heterocycles. The quantitative estimate of drug-likeness (QED) is 0.648. The molecule has 0 aliphatic carbocycles. The van der Waals surface area contributed by atoms with Crippen LogP contribution in [-0.4, -0.2) is 17.5 Å². The van der Waals surface area contributed by atoms with Gasteiger partial charge in [0.15, 0.2) is 5.96 Å². The van der Waals surface area contributed by atoms with Gasteiger partial charge in [0.1, 0.15) is 12.3 Å². The number of nitrogens with one attached hydrogen (secondary N) is 2. The molecule has 0 unspecified atom stereocenters. The van der Waals surface area contributed by atoms with Crippen molar-refractivity contribution in [3.8, 4) is 0 Å². The highest BCUT2D eigenvalue weighted by atomic mass is 32.1. The fourth-order valence-corrected chi connectivity index (χ4v) is 2.80. The van der Waals surface area contributed by atoms with Gasteiger partial charge in [-0.1, -0.05) is 20.8 Å². The number of thiophene rings is 1. The van der Waals surface area contributed by atoms with E-state index in [9.17, 15) is 0 Å². The normalized spacial score (nSPS) is 12.5. The van der Waals surface area contributed by atoms with Crippen LogP contribution in [0.1, 0.15) is 49.1 Å². The number of nitrogens with zero attached hydrogens (tertiary/aromatic N) is 2. The van der Waals surface area contributed by atoms with E-state index in [-0.39, 0.29) is 5.41 Å². The largest absolute Gasteiger partial charge is 0.443 e. The van der Waals surface area contributed by atoms with E-state index in [1.54, 1.807) is 17.5 Å². The third kappa shape index (κ3) is 5.39. The van der Waals surface area contributed by atoms with Crippen molar-refractivity contribution < 1.29 is 4.42 Å². The van der Waals surface area contributed by atoms with Gasteiger partial charge in [0.2, 0.25) is 5.89 Å². The SMILES string of the molecule is CCNC(=NCc1ncc(C(C)(C)C)o1)NCc1ccc(C)s1. The molecular formula is C17H26N4OS. The van der Waals surface area contributed by atoms with Crippen molar-refractivity contribution in [1.82, 2.24) is 15.6 Å². The van der Waals surface area contributed by atoms with Gasteiger partial charge in [-0.2, -0.15) is 0 Å². The van der Waals surface area contributed by atoms with Crippen LogP contribution in [0.3, 0.4) is 0 Å². The number of aliphatic imine (C=N–C) groups is 1. The molecule has 0 aromatic carbocycles. The van der Waals surface area contributed by atoms with Crippen LogP contribution in [0.4, 0.5) is 0 Å². The lowest BCUT2D eigenvalue weighted by molar-refractivity contribution is 0.383. The summed E-state index contributed by atoms with van der Waals surface area (Å²) in [5.74, 6) is 2.29. The average molecular weight is 334 g/mol. The van der Waals surface area contributed by atoms with Crippen molar-refractivity contribution >= 4 is 17.3 Å². The fraction of sp³-hybridized carbons (Fsp3) is 0.529. The third-order valence-corrected chi connectivity index (χ3v) is 4.24. The Kier molecular flexibility index (Phi) is 5.82. The Balaban J connectivity index is 1.96. The predicted octanol–water partition coefficient (Wildman–Crippen LogP) is 3.60. The predicted molar refractivity (Wildman–Crippen MR) is 95.9 cm³/mol. The molecule has 0 saturated carbocycles. The summed E-state index contributed by atoms with van der Waals surface area (Å²) in [6.07, 6.45) is 1.79. The zero-order chi connectivity index (χ0) is 16.9. The second kappa shape index (κ2) is 7.64. The molecule has 0 spiro atoms. The van der Waals surface area contributed by atoms with E-state index >= 15 is 0 Å². The van der Waals surface area contributed by atoms with E-state index in [2.05, 4.69) is 67.4 Å². The number of aryl methyl sites for hydroxylation is 1. The van der Waals surface area contributed by atoms with Crippen LogP contribution in [0.5, 0.6) is 0 Å². The summed E-state index contributed by atoms with van der Waals surface area (Å²) >= 11 is 1.79. The molecule has 0 aliphatic rings. The summed E-state index contributed by atoms with van der Waals surface area (Å²) in [4.78, 5) is 11.5. The maximum atomic E-state index is 5.77. The smallest absolute Gasteiger partial charge is 0.216 e. The molecular weight excluding hydrogens is 308 g/mol. The molecule has 2 aromatic rings. The van der Waals surface area contributed by atoms with Crippen molar-refractivity contribution in [2.24, 2.45) is 4.99 Å². The average Bonchev–Trinajstić information content (AvgIpc) is 3.10. The van der Waals surface area contributed by atoms with Gasteiger partial charge in [0.25, 0.3) is 0 Å². The number of rotatable bonds is 5. The zero-order valence-electron chi connectivity index (χ0n) is 14.6. The molecule has 0 amide bonds. The van der Waals surface area contributed by atoms with Gasteiger partial charge in [-0.3, -0.25) is 0 Å². The Bertz CT molecular complexity index is 652. The van der Waals surface area contributed by atoms with E-state index in [4.69, 9.17) is 4.42 Å². The Morgan fingerprint density at radius 1 is 1.30 bits per heavy atom. The van der Waals surface area contributed by atoms with Crippen LogP contribution < -0.4 is 10.6 Å². The van der Waals surface area contributed by atoms with Crippen molar-refractivity contribution in [3.63, 3.8) is 0 Å². The highest BCUT2D eigenvalue weighted by Crippen LogP contribution is 2.22. The number of hydrogen-bond acceptors (Lipinski definition) is 4. The molecule has 2 N–H and O–H groups in total. The number of aromatic nitrogens is 1. The Morgan fingerprint density at radius 3 is 2.65 bits per heavy atom. The molecule has 23 heavy (non-hydrogen) atoms. The van der Waals surface area contributed by atoms with E-state index in [0.717, 1.165) is 24.8 Å². The van der Waals surface area contributed by atoms with Crippen LogP contribution in [0.15, 0.2) is 27.7 Å². The van der Waals surface area contributed by atoms with E-state index in [1.807, 2.05) is 0 Å². The first-order valence-corrected chi connectivity index (χ1v) is 8.73. The van der Waals surface area contributed by atoms with E-state index in [1.165, 1.54) is 9.75 Å². The zero-order valence-corrected chi connectivity index (χ0v) is 15.4. The first-order chi connectivity index (χ1) is 10.9. The topological polar surface area (TPSA) is 62.5 Å². The highest BCUT2D eigenvalue weighted by molar-refractivity contribution is 7.11. The number of hydrogen-bond donors (Lipinski definition) is 2. The van der Waals surface area contributed by atoms with Crippen molar-refractivity contribution in [1.29, 1.82) is 0 Å². The Hall–Kier alpha value is -1.82. The maximum absolute atomic E-state index is 5.77. The minimum atomic E-state index is -0.0330. The summed E-state index contributed by atoms with van der Waals surface area (Å²) in [6, 6.07) is 4.27. The van der Waals surface area contributed by atoms with Gasteiger partial charge in [0.05, 0.1) is 12.7 Å². The van der Waals surface area contributed by atoms with Gasteiger partial charge in [-0.15, -0.1) is 11.3 Å². The highest BCUT2D eigenvalue weighted by Gasteiger charge is 2.18. The third-order valence-electron chi connectivity index (χ3n) is 3.24. The van der Waals surface area contributed by atoms with Crippen LogP contribution >= 0.6 is 11.3 Å². The Morgan fingerprint density at radius 2 is 2.09 bits per heavy atom. The lowest BCUT2D eigenvalue weighted by atomic mass is 9.94.